The van der Waals surface area contributed by atoms with Gasteiger partial charge in [-0.2, -0.15) is 0 Å². The van der Waals surface area contributed by atoms with Crippen molar-refractivity contribution in [3.05, 3.63) is 58.5 Å². The van der Waals surface area contributed by atoms with Gasteiger partial charge in [0.1, 0.15) is 17.4 Å². The monoisotopic (exact) mass is 436 g/mol. The molecular formula is C25H32N4O3. The van der Waals surface area contributed by atoms with Gasteiger partial charge in [-0.1, -0.05) is 39.3 Å². The van der Waals surface area contributed by atoms with Crippen molar-refractivity contribution < 1.29 is 14.7 Å². The van der Waals surface area contributed by atoms with E-state index in [1.165, 1.54) is 0 Å². The van der Waals surface area contributed by atoms with E-state index in [1.54, 1.807) is 12.1 Å². The SMILES string of the molecule is CCCc1nc2c(C)cc(C)nc2n1Cc1ccc(C(=O)N[C@H](C(=O)O)[C@@H](C)CC)cc1. The normalized spacial score (nSPS) is 13.2. The second-order valence-corrected chi connectivity index (χ2v) is 8.49. The smallest absolute Gasteiger partial charge is 0.326 e. The van der Waals surface area contributed by atoms with Gasteiger partial charge in [0.2, 0.25) is 0 Å². The molecule has 3 aromatic rings. The summed E-state index contributed by atoms with van der Waals surface area (Å²) in [5, 5.41) is 12.1. The van der Waals surface area contributed by atoms with Crippen LogP contribution in [0.1, 0.15) is 66.6 Å². The zero-order valence-electron chi connectivity index (χ0n) is 19.5. The molecule has 2 aromatic heterocycles. The largest absolute Gasteiger partial charge is 0.480 e. The minimum Gasteiger partial charge on any atom is -0.480 e. The topological polar surface area (TPSA) is 97.1 Å². The number of pyridine rings is 1. The molecule has 32 heavy (non-hydrogen) atoms. The van der Waals surface area contributed by atoms with Crippen molar-refractivity contribution in [2.75, 3.05) is 0 Å². The fourth-order valence-corrected chi connectivity index (χ4v) is 3.88. The van der Waals surface area contributed by atoms with Crippen LogP contribution in [0.15, 0.2) is 30.3 Å². The number of carbonyl (C=O) groups excluding carboxylic acids is 1. The van der Waals surface area contributed by atoms with Crippen molar-refractivity contribution in [3.63, 3.8) is 0 Å². The fourth-order valence-electron chi connectivity index (χ4n) is 3.88. The predicted molar refractivity (Wildman–Crippen MR) is 125 cm³/mol. The molecule has 0 bridgehead atoms. The van der Waals surface area contributed by atoms with Gasteiger partial charge in [-0.15, -0.1) is 0 Å². The standard InChI is InChI=1S/C25H32N4O3/c1-6-8-20-27-21-16(4)13-17(5)26-23(21)29(20)14-18-9-11-19(12-10-18)24(30)28-22(25(31)32)15(3)7-2/h9-13,15,22H,6-8,14H2,1-5H3,(H,28,30)(H,31,32)/t15-,22-/m0/s1. The summed E-state index contributed by atoms with van der Waals surface area (Å²) in [5.74, 6) is -0.542. The number of carboxylic acid groups (broad SMARTS) is 1. The van der Waals surface area contributed by atoms with Crippen molar-refractivity contribution in [2.24, 2.45) is 5.92 Å². The lowest BCUT2D eigenvalue weighted by atomic mass is 9.99. The average molecular weight is 437 g/mol. The zero-order valence-corrected chi connectivity index (χ0v) is 19.5. The summed E-state index contributed by atoms with van der Waals surface area (Å²) in [4.78, 5) is 33.7. The van der Waals surface area contributed by atoms with Crippen LogP contribution >= 0.6 is 0 Å². The Morgan fingerprint density at radius 3 is 2.41 bits per heavy atom. The number of hydrogen-bond acceptors (Lipinski definition) is 4. The number of nitrogens with zero attached hydrogens (tertiary/aromatic N) is 3. The molecule has 2 N–H and O–H groups in total. The highest BCUT2D eigenvalue weighted by molar-refractivity contribution is 5.96. The maximum absolute atomic E-state index is 12.6. The van der Waals surface area contributed by atoms with E-state index in [9.17, 15) is 14.7 Å². The lowest BCUT2D eigenvalue weighted by Crippen LogP contribution is -2.45. The molecule has 3 rings (SSSR count). The van der Waals surface area contributed by atoms with Crippen LogP contribution in [-0.2, 0) is 17.8 Å². The first kappa shape index (κ1) is 23.4. The van der Waals surface area contributed by atoms with Crippen molar-refractivity contribution in [3.8, 4) is 0 Å². The van der Waals surface area contributed by atoms with E-state index in [0.717, 1.165) is 46.7 Å². The van der Waals surface area contributed by atoms with E-state index < -0.39 is 12.0 Å². The molecule has 1 amide bonds. The summed E-state index contributed by atoms with van der Waals surface area (Å²) in [6.45, 7) is 10.5. The third-order valence-electron chi connectivity index (χ3n) is 5.90. The van der Waals surface area contributed by atoms with E-state index in [0.29, 0.717) is 18.5 Å². The van der Waals surface area contributed by atoms with Gasteiger partial charge in [-0.05, 0) is 55.5 Å². The third-order valence-corrected chi connectivity index (χ3v) is 5.90. The number of hydrogen-bond donors (Lipinski definition) is 2. The Morgan fingerprint density at radius 1 is 1.12 bits per heavy atom. The quantitative estimate of drug-likeness (QED) is 0.522. The molecule has 0 aliphatic rings. The Kier molecular flexibility index (Phi) is 7.28. The molecule has 2 heterocycles. The van der Waals surface area contributed by atoms with Gasteiger partial charge >= 0.3 is 5.97 Å². The molecule has 0 unspecified atom stereocenters. The summed E-state index contributed by atoms with van der Waals surface area (Å²) in [6.07, 6.45) is 2.52. The van der Waals surface area contributed by atoms with Gasteiger partial charge in [0.05, 0.1) is 6.54 Å². The predicted octanol–water partition coefficient (Wildman–Crippen LogP) is 4.28. The number of rotatable bonds is 9. The highest BCUT2D eigenvalue weighted by Gasteiger charge is 2.25. The van der Waals surface area contributed by atoms with Gasteiger partial charge in [0.25, 0.3) is 5.91 Å². The maximum Gasteiger partial charge on any atom is 0.326 e. The number of imidazole rings is 1. The summed E-state index contributed by atoms with van der Waals surface area (Å²) in [6, 6.07) is 8.42. The number of nitrogens with one attached hydrogen (secondary N) is 1. The number of benzene rings is 1. The molecule has 0 radical (unpaired) electrons. The number of carbonyl (C=O) groups is 2. The Bertz CT molecular complexity index is 1120. The Morgan fingerprint density at radius 2 is 1.81 bits per heavy atom. The van der Waals surface area contributed by atoms with Crippen LogP contribution in [0.2, 0.25) is 0 Å². The van der Waals surface area contributed by atoms with Crippen LogP contribution in [0.5, 0.6) is 0 Å². The highest BCUT2D eigenvalue weighted by Crippen LogP contribution is 2.22. The Labute approximate surface area is 188 Å². The van der Waals surface area contributed by atoms with Gasteiger partial charge in [0.15, 0.2) is 5.65 Å². The van der Waals surface area contributed by atoms with Crippen LogP contribution in [0.4, 0.5) is 0 Å². The number of aryl methyl sites for hydroxylation is 3. The molecule has 170 valence electrons. The zero-order chi connectivity index (χ0) is 23.4. The van der Waals surface area contributed by atoms with Crippen molar-refractivity contribution in [1.82, 2.24) is 19.9 Å². The molecule has 1 aromatic carbocycles. The summed E-state index contributed by atoms with van der Waals surface area (Å²) in [5.41, 5.74) is 5.35. The maximum atomic E-state index is 12.6. The van der Waals surface area contributed by atoms with Gasteiger partial charge in [-0.25, -0.2) is 14.8 Å². The van der Waals surface area contributed by atoms with E-state index in [2.05, 4.69) is 23.7 Å². The number of amides is 1. The van der Waals surface area contributed by atoms with E-state index in [1.807, 2.05) is 39.0 Å². The Hall–Kier alpha value is -3.22. The lowest BCUT2D eigenvalue weighted by Gasteiger charge is -2.20. The van der Waals surface area contributed by atoms with Gasteiger partial charge in [0, 0.05) is 17.7 Å². The number of fused-ring (bicyclic) bond motifs is 1. The minimum absolute atomic E-state index is 0.151. The molecule has 0 spiro atoms. The highest BCUT2D eigenvalue weighted by atomic mass is 16.4. The Balaban J connectivity index is 1.84. The molecule has 7 nitrogen and oxygen atoms in total. The van der Waals surface area contributed by atoms with Crippen LogP contribution in [0.3, 0.4) is 0 Å². The molecule has 0 saturated heterocycles. The molecule has 7 heteroatoms. The number of carboxylic acids is 1. The number of aliphatic carboxylic acids is 1. The molecular weight excluding hydrogens is 404 g/mol. The van der Waals surface area contributed by atoms with E-state index >= 15 is 0 Å². The summed E-state index contributed by atoms with van der Waals surface area (Å²) in [7, 11) is 0. The first-order valence-electron chi connectivity index (χ1n) is 11.2. The second kappa shape index (κ2) is 9.94. The first-order valence-corrected chi connectivity index (χ1v) is 11.2. The summed E-state index contributed by atoms with van der Waals surface area (Å²) >= 11 is 0. The van der Waals surface area contributed by atoms with E-state index in [4.69, 9.17) is 9.97 Å². The fraction of sp³-hybridized carbons (Fsp3) is 0.440. The minimum atomic E-state index is -1.02. The first-order chi connectivity index (χ1) is 15.2. The second-order valence-electron chi connectivity index (χ2n) is 8.49. The van der Waals surface area contributed by atoms with Crippen LogP contribution < -0.4 is 5.32 Å². The van der Waals surface area contributed by atoms with Crippen molar-refractivity contribution >= 4 is 23.0 Å². The third kappa shape index (κ3) is 4.98. The average Bonchev–Trinajstić information content (AvgIpc) is 3.09. The van der Waals surface area contributed by atoms with Crippen molar-refractivity contribution in [1.29, 1.82) is 0 Å². The number of aromatic nitrogens is 3. The van der Waals surface area contributed by atoms with Crippen LogP contribution in [0, 0.1) is 19.8 Å². The molecule has 0 fully saturated rings. The van der Waals surface area contributed by atoms with Crippen LogP contribution in [-0.4, -0.2) is 37.6 Å². The molecule has 2 atom stereocenters. The van der Waals surface area contributed by atoms with Crippen molar-refractivity contribution in [2.45, 2.75) is 66.5 Å². The molecule has 0 saturated carbocycles. The molecule has 0 aliphatic carbocycles. The summed E-state index contributed by atoms with van der Waals surface area (Å²) < 4.78 is 2.15. The molecule has 0 aliphatic heterocycles. The van der Waals surface area contributed by atoms with Gasteiger partial charge < -0.3 is 15.0 Å². The lowest BCUT2D eigenvalue weighted by molar-refractivity contribution is -0.140. The van der Waals surface area contributed by atoms with E-state index in [-0.39, 0.29) is 11.8 Å². The van der Waals surface area contributed by atoms with Gasteiger partial charge in [-0.3, -0.25) is 4.79 Å². The van der Waals surface area contributed by atoms with Crippen LogP contribution in [0.25, 0.3) is 11.2 Å².